The number of hydrogen-bond acceptors (Lipinski definition) is 5. The number of halogens is 2. The lowest BCUT2D eigenvalue weighted by molar-refractivity contribution is -0.120. The molecule has 3 N–H and O–H groups in total. The molecule has 0 aliphatic carbocycles. The third-order valence-corrected chi connectivity index (χ3v) is 3.59. The van der Waals surface area contributed by atoms with Crippen LogP contribution in [0.4, 0.5) is 5.13 Å². The van der Waals surface area contributed by atoms with Gasteiger partial charge < -0.3 is 5.73 Å². The summed E-state index contributed by atoms with van der Waals surface area (Å²) in [6.07, 6.45) is 0.625. The standard InChI is InChI=1S/C13H15ClN4OS.ClH/c1-13(2,15)11(19)16-12-18-17-10(20-12)7-8-4-3-5-9(14)6-8;/h3-6H,7,15H2,1-2H3,(H,16,18,19);1H. The number of amides is 1. The van der Waals surface area contributed by atoms with E-state index in [0.29, 0.717) is 16.6 Å². The Bertz CT molecular complexity index is 625. The van der Waals surface area contributed by atoms with E-state index in [2.05, 4.69) is 15.5 Å². The van der Waals surface area contributed by atoms with Crippen LogP contribution >= 0.6 is 35.3 Å². The molecule has 0 unspecified atom stereocenters. The van der Waals surface area contributed by atoms with Crippen molar-refractivity contribution in [3.8, 4) is 0 Å². The summed E-state index contributed by atoms with van der Waals surface area (Å²) in [5, 5.41) is 12.6. The SMILES string of the molecule is CC(C)(N)C(=O)Nc1nnc(Cc2cccc(Cl)c2)s1.Cl. The fraction of sp³-hybridized carbons (Fsp3) is 0.308. The molecule has 2 aromatic rings. The number of anilines is 1. The van der Waals surface area contributed by atoms with Crippen LogP contribution in [-0.2, 0) is 11.2 Å². The van der Waals surface area contributed by atoms with Crippen molar-refractivity contribution in [3.63, 3.8) is 0 Å². The van der Waals surface area contributed by atoms with E-state index in [4.69, 9.17) is 17.3 Å². The molecular weight excluding hydrogens is 331 g/mol. The number of hydrogen-bond donors (Lipinski definition) is 2. The average Bonchev–Trinajstić information content (AvgIpc) is 2.75. The number of carbonyl (C=O) groups excluding carboxylic acids is 1. The second kappa shape index (κ2) is 7.17. The summed E-state index contributed by atoms with van der Waals surface area (Å²) in [7, 11) is 0. The van der Waals surface area contributed by atoms with E-state index in [1.54, 1.807) is 13.8 Å². The van der Waals surface area contributed by atoms with Crippen molar-refractivity contribution < 1.29 is 4.79 Å². The monoisotopic (exact) mass is 346 g/mol. The minimum atomic E-state index is -0.946. The summed E-state index contributed by atoms with van der Waals surface area (Å²) in [4.78, 5) is 11.7. The molecule has 114 valence electrons. The molecule has 0 fully saturated rings. The highest BCUT2D eigenvalue weighted by atomic mass is 35.5. The number of nitrogens with one attached hydrogen (secondary N) is 1. The summed E-state index contributed by atoms with van der Waals surface area (Å²) in [5.41, 5.74) is 5.80. The zero-order valence-corrected chi connectivity index (χ0v) is 14.0. The van der Waals surface area contributed by atoms with Crippen molar-refractivity contribution in [3.05, 3.63) is 39.9 Å². The number of nitrogens with zero attached hydrogens (tertiary/aromatic N) is 2. The van der Waals surface area contributed by atoms with E-state index in [9.17, 15) is 4.79 Å². The molecule has 0 bridgehead atoms. The van der Waals surface area contributed by atoms with Crippen LogP contribution in [0.25, 0.3) is 0 Å². The molecule has 2 rings (SSSR count). The Labute approximate surface area is 138 Å². The molecule has 1 aromatic heterocycles. The Morgan fingerprint density at radius 2 is 2.14 bits per heavy atom. The van der Waals surface area contributed by atoms with Crippen LogP contribution in [0.5, 0.6) is 0 Å². The largest absolute Gasteiger partial charge is 0.318 e. The maximum Gasteiger partial charge on any atom is 0.245 e. The molecular formula is C13H16Cl2N4OS. The van der Waals surface area contributed by atoms with Crippen molar-refractivity contribution in [2.75, 3.05) is 5.32 Å². The first-order valence-electron chi connectivity index (χ1n) is 6.02. The smallest absolute Gasteiger partial charge is 0.245 e. The summed E-state index contributed by atoms with van der Waals surface area (Å²) < 4.78 is 0. The molecule has 21 heavy (non-hydrogen) atoms. The summed E-state index contributed by atoms with van der Waals surface area (Å²) in [5.74, 6) is -0.289. The maximum absolute atomic E-state index is 11.7. The molecule has 8 heteroatoms. The predicted molar refractivity (Wildman–Crippen MR) is 88.3 cm³/mol. The van der Waals surface area contributed by atoms with Crippen molar-refractivity contribution in [2.24, 2.45) is 5.73 Å². The Kier molecular flexibility index (Phi) is 6.10. The minimum absolute atomic E-state index is 0. The van der Waals surface area contributed by atoms with Gasteiger partial charge in [-0.15, -0.1) is 22.6 Å². The van der Waals surface area contributed by atoms with E-state index in [0.717, 1.165) is 10.6 Å². The van der Waals surface area contributed by atoms with Crippen molar-refractivity contribution in [2.45, 2.75) is 25.8 Å². The molecule has 1 aromatic carbocycles. The van der Waals surface area contributed by atoms with E-state index < -0.39 is 5.54 Å². The molecule has 0 saturated heterocycles. The Morgan fingerprint density at radius 1 is 1.43 bits per heavy atom. The molecule has 0 aliphatic rings. The third kappa shape index (κ3) is 5.24. The maximum atomic E-state index is 11.7. The minimum Gasteiger partial charge on any atom is -0.318 e. The predicted octanol–water partition coefficient (Wildman–Crippen LogP) is 2.88. The van der Waals surface area contributed by atoms with Gasteiger partial charge in [-0.3, -0.25) is 10.1 Å². The first kappa shape index (κ1) is 17.8. The lowest BCUT2D eigenvalue weighted by atomic mass is 10.1. The molecule has 1 amide bonds. The Hall–Kier alpha value is -1.21. The van der Waals surface area contributed by atoms with Crippen LogP contribution in [0.3, 0.4) is 0 Å². The van der Waals surface area contributed by atoms with E-state index in [-0.39, 0.29) is 18.3 Å². The number of rotatable bonds is 4. The quantitative estimate of drug-likeness (QED) is 0.891. The first-order chi connectivity index (χ1) is 9.34. The lowest BCUT2D eigenvalue weighted by Gasteiger charge is -2.15. The fourth-order valence-corrected chi connectivity index (χ4v) is 2.44. The van der Waals surface area contributed by atoms with Gasteiger partial charge in [0.1, 0.15) is 5.01 Å². The summed E-state index contributed by atoms with van der Waals surface area (Å²) in [6.45, 7) is 3.27. The first-order valence-corrected chi connectivity index (χ1v) is 7.21. The van der Waals surface area contributed by atoms with Crippen LogP contribution in [0, 0.1) is 0 Å². The second-order valence-corrected chi connectivity index (χ2v) is 6.48. The number of aromatic nitrogens is 2. The van der Waals surface area contributed by atoms with Gasteiger partial charge in [0.05, 0.1) is 5.54 Å². The second-order valence-electron chi connectivity index (χ2n) is 4.98. The molecule has 5 nitrogen and oxygen atoms in total. The van der Waals surface area contributed by atoms with Gasteiger partial charge in [0.2, 0.25) is 11.0 Å². The normalized spacial score (nSPS) is 10.9. The highest BCUT2D eigenvalue weighted by Crippen LogP contribution is 2.20. The van der Waals surface area contributed by atoms with Gasteiger partial charge in [0, 0.05) is 11.4 Å². The molecule has 1 heterocycles. The molecule has 0 radical (unpaired) electrons. The van der Waals surface area contributed by atoms with Gasteiger partial charge in [-0.25, -0.2) is 0 Å². The van der Waals surface area contributed by atoms with Crippen LogP contribution in [0.15, 0.2) is 24.3 Å². The summed E-state index contributed by atoms with van der Waals surface area (Å²) in [6, 6.07) is 7.55. The number of nitrogens with two attached hydrogens (primary N) is 1. The van der Waals surface area contributed by atoms with Gasteiger partial charge in [0.25, 0.3) is 0 Å². The molecule has 0 saturated carbocycles. The van der Waals surface area contributed by atoms with Crippen molar-refractivity contribution in [1.82, 2.24) is 10.2 Å². The van der Waals surface area contributed by atoms with Crippen LogP contribution in [0.2, 0.25) is 5.02 Å². The molecule has 0 atom stereocenters. The Balaban J connectivity index is 0.00000220. The fourth-order valence-electron chi connectivity index (χ4n) is 1.46. The zero-order chi connectivity index (χ0) is 14.8. The van der Waals surface area contributed by atoms with Crippen LogP contribution in [0.1, 0.15) is 24.4 Å². The van der Waals surface area contributed by atoms with E-state index in [1.807, 2.05) is 24.3 Å². The van der Waals surface area contributed by atoms with Crippen molar-refractivity contribution >= 4 is 46.4 Å². The van der Waals surface area contributed by atoms with Gasteiger partial charge in [-0.1, -0.05) is 35.1 Å². The Morgan fingerprint density at radius 3 is 2.76 bits per heavy atom. The van der Waals surface area contributed by atoms with Crippen molar-refractivity contribution in [1.29, 1.82) is 0 Å². The van der Waals surface area contributed by atoms with E-state index in [1.165, 1.54) is 11.3 Å². The average molecular weight is 347 g/mol. The zero-order valence-electron chi connectivity index (χ0n) is 11.6. The van der Waals surface area contributed by atoms with Gasteiger partial charge in [-0.05, 0) is 31.5 Å². The van der Waals surface area contributed by atoms with Crippen LogP contribution < -0.4 is 11.1 Å². The number of benzene rings is 1. The topological polar surface area (TPSA) is 80.9 Å². The van der Waals surface area contributed by atoms with Gasteiger partial charge >= 0.3 is 0 Å². The highest BCUT2D eigenvalue weighted by molar-refractivity contribution is 7.15. The van der Waals surface area contributed by atoms with Gasteiger partial charge in [-0.2, -0.15) is 0 Å². The lowest BCUT2D eigenvalue weighted by Crippen LogP contribution is -2.45. The highest BCUT2D eigenvalue weighted by Gasteiger charge is 2.23. The molecule has 0 spiro atoms. The van der Waals surface area contributed by atoms with E-state index >= 15 is 0 Å². The third-order valence-electron chi connectivity index (χ3n) is 2.52. The molecule has 0 aliphatic heterocycles. The summed E-state index contributed by atoms with van der Waals surface area (Å²) >= 11 is 7.26. The number of carbonyl (C=O) groups is 1. The van der Waals surface area contributed by atoms with Gasteiger partial charge in [0.15, 0.2) is 0 Å². The van der Waals surface area contributed by atoms with Crippen LogP contribution in [-0.4, -0.2) is 21.6 Å².